The molecule has 0 fully saturated rings. The zero-order chi connectivity index (χ0) is 12.1. The third-order valence-electron chi connectivity index (χ3n) is 2.04. The molecule has 0 saturated heterocycles. The molecule has 0 amide bonds. The molecule has 1 aromatic rings. The molecule has 0 aliphatic rings. The normalized spacial score (nSPS) is 11.9. The summed E-state index contributed by atoms with van der Waals surface area (Å²) in [6.45, 7) is 6.48. The molecule has 0 spiro atoms. The van der Waals surface area contributed by atoms with Gasteiger partial charge in [0.2, 0.25) is 5.88 Å². The van der Waals surface area contributed by atoms with Crippen molar-refractivity contribution in [2.75, 3.05) is 6.61 Å². The largest absolute Gasteiger partial charge is 0.477 e. The average Bonchev–Trinajstić information content (AvgIpc) is 2.25. The number of oxime groups is 1. The second kappa shape index (κ2) is 5.34. The van der Waals surface area contributed by atoms with Crippen molar-refractivity contribution in [2.45, 2.75) is 20.8 Å². The van der Waals surface area contributed by atoms with Gasteiger partial charge in [0, 0.05) is 6.20 Å². The standard InChI is InChI=1S/C11H17N3O2/c1-7(2)6-16-11-9(10(12)14-15)8(3)4-5-13-11/h4-5,7,15H,6H2,1-3H3,(H2,12,14). The van der Waals surface area contributed by atoms with E-state index in [2.05, 4.69) is 10.1 Å². The number of nitrogens with zero attached hydrogens (tertiary/aromatic N) is 2. The molecule has 5 nitrogen and oxygen atoms in total. The first-order valence-corrected chi connectivity index (χ1v) is 5.12. The van der Waals surface area contributed by atoms with Crippen molar-refractivity contribution in [2.24, 2.45) is 16.8 Å². The van der Waals surface area contributed by atoms with E-state index in [1.807, 2.05) is 20.8 Å². The molecule has 0 aliphatic heterocycles. The summed E-state index contributed by atoms with van der Waals surface area (Å²) < 4.78 is 5.52. The van der Waals surface area contributed by atoms with Gasteiger partial charge in [-0.25, -0.2) is 4.98 Å². The second-order valence-corrected chi connectivity index (χ2v) is 4.00. The molecule has 0 aromatic carbocycles. The Morgan fingerprint density at radius 1 is 1.62 bits per heavy atom. The molecule has 0 saturated carbocycles. The third kappa shape index (κ3) is 2.85. The topological polar surface area (TPSA) is 80.7 Å². The minimum atomic E-state index is 0.0179. The number of rotatable bonds is 4. The summed E-state index contributed by atoms with van der Waals surface area (Å²) in [6, 6.07) is 1.79. The highest BCUT2D eigenvalue weighted by Gasteiger charge is 2.13. The van der Waals surface area contributed by atoms with Crippen molar-refractivity contribution >= 4 is 5.84 Å². The van der Waals surface area contributed by atoms with Crippen LogP contribution in [0.25, 0.3) is 0 Å². The highest BCUT2D eigenvalue weighted by molar-refractivity contribution is 6.00. The summed E-state index contributed by atoms with van der Waals surface area (Å²) >= 11 is 0. The second-order valence-electron chi connectivity index (χ2n) is 4.00. The van der Waals surface area contributed by atoms with Gasteiger partial charge in [-0.2, -0.15) is 0 Å². The summed E-state index contributed by atoms with van der Waals surface area (Å²) in [7, 11) is 0. The number of pyridine rings is 1. The van der Waals surface area contributed by atoms with E-state index in [0.29, 0.717) is 24.0 Å². The molecule has 5 heteroatoms. The van der Waals surface area contributed by atoms with E-state index < -0.39 is 0 Å². The molecule has 0 atom stereocenters. The molecular weight excluding hydrogens is 206 g/mol. The van der Waals surface area contributed by atoms with Crippen LogP contribution in [0.1, 0.15) is 25.0 Å². The Morgan fingerprint density at radius 2 is 2.31 bits per heavy atom. The Kier molecular flexibility index (Phi) is 4.10. The molecule has 0 unspecified atom stereocenters. The predicted molar refractivity (Wildman–Crippen MR) is 61.8 cm³/mol. The minimum Gasteiger partial charge on any atom is -0.477 e. The van der Waals surface area contributed by atoms with Gasteiger partial charge in [-0.05, 0) is 24.5 Å². The van der Waals surface area contributed by atoms with E-state index in [9.17, 15) is 0 Å². The van der Waals surface area contributed by atoms with Crippen LogP contribution in [-0.4, -0.2) is 22.6 Å². The summed E-state index contributed by atoms with van der Waals surface area (Å²) in [5.41, 5.74) is 6.99. The van der Waals surface area contributed by atoms with E-state index >= 15 is 0 Å². The number of aromatic nitrogens is 1. The number of hydrogen-bond donors (Lipinski definition) is 2. The van der Waals surface area contributed by atoms with Crippen molar-refractivity contribution in [3.05, 3.63) is 23.4 Å². The number of ether oxygens (including phenoxy) is 1. The smallest absolute Gasteiger partial charge is 0.224 e. The van der Waals surface area contributed by atoms with Gasteiger partial charge >= 0.3 is 0 Å². The third-order valence-corrected chi connectivity index (χ3v) is 2.04. The van der Waals surface area contributed by atoms with Crippen molar-refractivity contribution in [3.8, 4) is 5.88 Å². The molecule has 1 heterocycles. The maximum absolute atomic E-state index is 8.69. The highest BCUT2D eigenvalue weighted by atomic mass is 16.5. The monoisotopic (exact) mass is 223 g/mol. The van der Waals surface area contributed by atoms with Gasteiger partial charge in [0.25, 0.3) is 0 Å². The van der Waals surface area contributed by atoms with E-state index in [-0.39, 0.29) is 5.84 Å². The first kappa shape index (κ1) is 12.3. The fourth-order valence-electron chi connectivity index (χ4n) is 1.25. The van der Waals surface area contributed by atoms with Crippen molar-refractivity contribution in [1.29, 1.82) is 0 Å². The van der Waals surface area contributed by atoms with Gasteiger partial charge in [-0.1, -0.05) is 19.0 Å². The lowest BCUT2D eigenvalue weighted by atomic mass is 10.1. The number of amidine groups is 1. The molecular formula is C11H17N3O2. The van der Waals surface area contributed by atoms with Gasteiger partial charge in [0.1, 0.15) is 0 Å². The highest BCUT2D eigenvalue weighted by Crippen LogP contribution is 2.19. The predicted octanol–water partition coefficient (Wildman–Crippen LogP) is 1.52. The fraction of sp³-hybridized carbons (Fsp3) is 0.455. The fourth-order valence-corrected chi connectivity index (χ4v) is 1.25. The number of nitrogens with two attached hydrogens (primary N) is 1. The van der Waals surface area contributed by atoms with Crippen LogP contribution in [0.5, 0.6) is 5.88 Å². The lowest BCUT2D eigenvalue weighted by molar-refractivity contribution is 0.260. The van der Waals surface area contributed by atoms with Crippen LogP contribution in [0.2, 0.25) is 0 Å². The molecule has 0 bridgehead atoms. The van der Waals surface area contributed by atoms with Crippen molar-refractivity contribution in [1.82, 2.24) is 4.98 Å². The molecule has 0 radical (unpaired) electrons. The average molecular weight is 223 g/mol. The number of aryl methyl sites for hydroxylation is 1. The quantitative estimate of drug-likeness (QED) is 0.351. The molecule has 1 rings (SSSR count). The van der Waals surface area contributed by atoms with Gasteiger partial charge in [-0.3, -0.25) is 0 Å². The number of hydrogen-bond acceptors (Lipinski definition) is 4. The lowest BCUT2D eigenvalue weighted by Gasteiger charge is -2.12. The lowest BCUT2D eigenvalue weighted by Crippen LogP contribution is -2.18. The van der Waals surface area contributed by atoms with Crippen LogP contribution in [0, 0.1) is 12.8 Å². The van der Waals surface area contributed by atoms with Gasteiger partial charge in [0.05, 0.1) is 12.2 Å². The van der Waals surface area contributed by atoms with Crippen LogP contribution < -0.4 is 10.5 Å². The van der Waals surface area contributed by atoms with Gasteiger partial charge < -0.3 is 15.7 Å². The van der Waals surface area contributed by atoms with E-state index in [1.54, 1.807) is 12.3 Å². The van der Waals surface area contributed by atoms with E-state index in [0.717, 1.165) is 5.56 Å². The molecule has 16 heavy (non-hydrogen) atoms. The summed E-state index contributed by atoms with van der Waals surface area (Å²) in [5.74, 6) is 0.816. The summed E-state index contributed by atoms with van der Waals surface area (Å²) in [5, 5.41) is 11.7. The van der Waals surface area contributed by atoms with Crippen LogP contribution in [0.15, 0.2) is 17.4 Å². The van der Waals surface area contributed by atoms with Crippen LogP contribution in [0.3, 0.4) is 0 Å². The van der Waals surface area contributed by atoms with Gasteiger partial charge in [0.15, 0.2) is 5.84 Å². The summed E-state index contributed by atoms with van der Waals surface area (Å²) in [4.78, 5) is 4.09. The van der Waals surface area contributed by atoms with Crippen molar-refractivity contribution in [3.63, 3.8) is 0 Å². The van der Waals surface area contributed by atoms with E-state index in [4.69, 9.17) is 15.7 Å². The van der Waals surface area contributed by atoms with Gasteiger partial charge in [-0.15, -0.1) is 0 Å². The minimum absolute atomic E-state index is 0.0179. The van der Waals surface area contributed by atoms with Crippen LogP contribution >= 0.6 is 0 Å². The summed E-state index contributed by atoms with van der Waals surface area (Å²) in [6.07, 6.45) is 1.64. The Labute approximate surface area is 94.9 Å². The maximum atomic E-state index is 8.69. The SMILES string of the molecule is Cc1ccnc(OCC(C)C)c1/C(N)=N/O. The van der Waals surface area contributed by atoms with Crippen molar-refractivity contribution < 1.29 is 9.94 Å². The van der Waals surface area contributed by atoms with Crippen LogP contribution in [-0.2, 0) is 0 Å². The molecule has 3 N–H and O–H groups in total. The Bertz CT molecular complexity index is 389. The Hall–Kier alpha value is -1.78. The zero-order valence-corrected chi connectivity index (χ0v) is 9.77. The molecule has 1 aromatic heterocycles. The zero-order valence-electron chi connectivity index (χ0n) is 9.77. The van der Waals surface area contributed by atoms with E-state index in [1.165, 1.54) is 0 Å². The molecule has 88 valence electrons. The first-order valence-electron chi connectivity index (χ1n) is 5.12. The first-order chi connectivity index (χ1) is 7.56. The Balaban J connectivity index is 3.03. The van der Waals surface area contributed by atoms with Crippen LogP contribution in [0.4, 0.5) is 0 Å². The Morgan fingerprint density at radius 3 is 2.88 bits per heavy atom. The maximum Gasteiger partial charge on any atom is 0.224 e. The molecule has 0 aliphatic carbocycles.